The number of rotatable bonds is 7. The highest BCUT2D eigenvalue weighted by molar-refractivity contribution is 7.16. The van der Waals surface area contributed by atoms with Crippen molar-refractivity contribution in [2.75, 3.05) is 25.0 Å². The number of esters is 1. The maximum absolute atomic E-state index is 12.7. The SMILES string of the molecule is CCOC(=O)C1CCN([C@@H](c2cccnc2)c2cc(C)sc2NC(=O)c2ccco2)CC1. The van der Waals surface area contributed by atoms with E-state index in [-0.39, 0.29) is 29.6 Å². The Labute approximate surface area is 191 Å². The van der Waals surface area contributed by atoms with Crippen molar-refractivity contribution in [2.45, 2.75) is 32.7 Å². The zero-order chi connectivity index (χ0) is 22.5. The Bertz CT molecular complexity index is 1040. The lowest BCUT2D eigenvalue weighted by Gasteiger charge is -2.37. The van der Waals surface area contributed by atoms with Gasteiger partial charge in [-0.1, -0.05) is 6.07 Å². The van der Waals surface area contributed by atoms with Crippen molar-refractivity contribution in [1.29, 1.82) is 0 Å². The van der Waals surface area contributed by atoms with Gasteiger partial charge in [-0.15, -0.1) is 11.3 Å². The largest absolute Gasteiger partial charge is 0.466 e. The normalized spacial score (nSPS) is 15.9. The molecule has 4 rings (SSSR count). The number of piperidine rings is 1. The van der Waals surface area contributed by atoms with Crippen LogP contribution < -0.4 is 5.32 Å². The molecule has 0 unspecified atom stereocenters. The van der Waals surface area contributed by atoms with E-state index in [2.05, 4.69) is 27.3 Å². The number of aryl methyl sites for hydroxylation is 1. The van der Waals surface area contributed by atoms with Crippen LogP contribution >= 0.6 is 11.3 Å². The summed E-state index contributed by atoms with van der Waals surface area (Å²) in [5, 5.41) is 3.83. The summed E-state index contributed by atoms with van der Waals surface area (Å²) in [6.45, 7) is 5.78. The Hall–Kier alpha value is -2.97. The number of furan rings is 1. The van der Waals surface area contributed by atoms with Crippen molar-refractivity contribution >= 4 is 28.2 Å². The van der Waals surface area contributed by atoms with Gasteiger partial charge in [0.2, 0.25) is 0 Å². The van der Waals surface area contributed by atoms with Crippen LogP contribution in [-0.4, -0.2) is 41.5 Å². The summed E-state index contributed by atoms with van der Waals surface area (Å²) < 4.78 is 10.5. The van der Waals surface area contributed by atoms with Gasteiger partial charge in [0.05, 0.1) is 24.8 Å². The van der Waals surface area contributed by atoms with Crippen molar-refractivity contribution in [3.8, 4) is 0 Å². The van der Waals surface area contributed by atoms with Gasteiger partial charge in [-0.25, -0.2) is 0 Å². The first-order valence-electron chi connectivity index (χ1n) is 10.8. The predicted octanol–water partition coefficient (Wildman–Crippen LogP) is 4.66. The Morgan fingerprint density at radius 3 is 2.78 bits per heavy atom. The molecular formula is C24H27N3O4S. The topological polar surface area (TPSA) is 84.7 Å². The third kappa shape index (κ3) is 4.92. The van der Waals surface area contributed by atoms with Crippen LogP contribution in [0.1, 0.15) is 52.4 Å². The van der Waals surface area contributed by atoms with Gasteiger partial charge in [0.25, 0.3) is 5.91 Å². The molecule has 0 saturated carbocycles. The number of nitrogens with one attached hydrogen (secondary N) is 1. The molecule has 0 radical (unpaired) electrons. The number of carbonyl (C=O) groups is 2. The minimum absolute atomic E-state index is 0.0666. The fraction of sp³-hybridized carbons (Fsp3) is 0.375. The predicted molar refractivity (Wildman–Crippen MR) is 123 cm³/mol. The number of likely N-dealkylation sites (tertiary alicyclic amines) is 1. The number of amides is 1. The Morgan fingerprint density at radius 2 is 2.12 bits per heavy atom. The molecule has 1 saturated heterocycles. The van der Waals surface area contributed by atoms with Crippen LogP contribution in [0, 0.1) is 12.8 Å². The quantitative estimate of drug-likeness (QED) is 0.524. The molecule has 1 aliphatic heterocycles. The van der Waals surface area contributed by atoms with Crippen LogP contribution in [0.5, 0.6) is 0 Å². The van der Waals surface area contributed by atoms with Crippen LogP contribution in [0.3, 0.4) is 0 Å². The van der Waals surface area contributed by atoms with Crippen LogP contribution in [0.15, 0.2) is 53.4 Å². The number of nitrogens with zero attached hydrogens (tertiary/aromatic N) is 2. The Kier molecular flexibility index (Phi) is 7.02. The van der Waals surface area contributed by atoms with Gasteiger partial charge in [-0.3, -0.25) is 19.5 Å². The number of ether oxygens (including phenoxy) is 1. The molecule has 0 aromatic carbocycles. The van der Waals surface area contributed by atoms with Gasteiger partial charge in [0.1, 0.15) is 5.00 Å². The molecular weight excluding hydrogens is 426 g/mol. The molecule has 1 aliphatic rings. The molecule has 1 atom stereocenters. The van der Waals surface area contributed by atoms with E-state index < -0.39 is 0 Å². The summed E-state index contributed by atoms with van der Waals surface area (Å²) in [7, 11) is 0. The van der Waals surface area contributed by atoms with Gasteiger partial charge in [-0.05, 0) is 69.6 Å². The van der Waals surface area contributed by atoms with E-state index >= 15 is 0 Å². The van der Waals surface area contributed by atoms with E-state index in [1.807, 2.05) is 26.1 Å². The molecule has 32 heavy (non-hydrogen) atoms. The lowest BCUT2D eigenvalue weighted by molar-refractivity contribution is -0.149. The van der Waals surface area contributed by atoms with Crippen molar-refractivity contribution < 1.29 is 18.7 Å². The monoisotopic (exact) mass is 453 g/mol. The average molecular weight is 454 g/mol. The van der Waals surface area contributed by atoms with Gasteiger partial charge in [0, 0.05) is 22.8 Å². The first-order valence-corrected chi connectivity index (χ1v) is 11.6. The molecule has 0 bridgehead atoms. The van der Waals surface area contributed by atoms with E-state index in [0.717, 1.165) is 46.9 Å². The fourth-order valence-corrected chi connectivity index (χ4v) is 5.13. The number of hydrogen-bond donors (Lipinski definition) is 1. The lowest BCUT2D eigenvalue weighted by atomic mass is 9.92. The molecule has 7 nitrogen and oxygen atoms in total. The van der Waals surface area contributed by atoms with E-state index in [0.29, 0.717) is 6.61 Å². The second-order valence-corrected chi connectivity index (χ2v) is 9.08. The zero-order valence-corrected chi connectivity index (χ0v) is 19.1. The summed E-state index contributed by atoms with van der Waals surface area (Å²) in [4.78, 5) is 32.7. The van der Waals surface area contributed by atoms with E-state index in [4.69, 9.17) is 9.15 Å². The summed E-state index contributed by atoms with van der Waals surface area (Å²) in [5.41, 5.74) is 2.07. The maximum atomic E-state index is 12.7. The third-order valence-corrected chi connectivity index (χ3v) is 6.65. The number of carbonyl (C=O) groups excluding carboxylic acids is 2. The highest BCUT2D eigenvalue weighted by Crippen LogP contribution is 2.40. The molecule has 0 aliphatic carbocycles. The number of aromatic nitrogens is 1. The summed E-state index contributed by atoms with van der Waals surface area (Å²) in [5.74, 6) is -0.176. The van der Waals surface area contributed by atoms with Gasteiger partial charge < -0.3 is 14.5 Å². The van der Waals surface area contributed by atoms with Crippen molar-refractivity contribution in [3.05, 3.63) is 70.8 Å². The second-order valence-electron chi connectivity index (χ2n) is 7.82. The highest BCUT2D eigenvalue weighted by atomic mass is 32.1. The molecule has 3 aromatic heterocycles. The van der Waals surface area contributed by atoms with Crippen molar-refractivity contribution in [2.24, 2.45) is 5.92 Å². The standard InChI is InChI=1S/C24H27N3O4S/c1-3-30-24(29)17-8-11-27(12-9-17)21(18-6-4-10-25-15-18)19-14-16(2)32-23(19)26-22(28)20-7-5-13-31-20/h4-7,10,13-15,17,21H,3,8-9,11-12H2,1-2H3,(H,26,28)/t21-/m0/s1. The molecule has 4 heterocycles. The van der Waals surface area contributed by atoms with Crippen LogP contribution in [0.25, 0.3) is 0 Å². The molecule has 8 heteroatoms. The summed E-state index contributed by atoms with van der Waals surface area (Å²) in [6, 6.07) is 9.37. The summed E-state index contributed by atoms with van der Waals surface area (Å²) in [6.07, 6.45) is 6.60. The highest BCUT2D eigenvalue weighted by Gasteiger charge is 2.33. The molecule has 168 valence electrons. The first-order chi connectivity index (χ1) is 15.6. The van der Waals surface area contributed by atoms with Gasteiger partial charge in [0.15, 0.2) is 5.76 Å². The van der Waals surface area contributed by atoms with E-state index in [9.17, 15) is 9.59 Å². The van der Waals surface area contributed by atoms with Crippen molar-refractivity contribution in [3.63, 3.8) is 0 Å². The average Bonchev–Trinajstić information content (AvgIpc) is 3.46. The van der Waals surface area contributed by atoms with Gasteiger partial charge >= 0.3 is 5.97 Å². The molecule has 0 spiro atoms. The number of pyridine rings is 1. The molecule has 1 fully saturated rings. The first kappa shape index (κ1) is 22.2. The Morgan fingerprint density at radius 1 is 1.31 bits per heavy atom. The lowest BCUT2D eigenvalue weighted by Crippen LogP contribution is -2.39. The van der Waals surface area contributed by atoms with Gasteiger partial charge in [-0.2, -0.15) is 0 Å². The molecule has 1 amide bonds. The second kappa shape index (κ2) is 10.1. The molecule has 1 N–H and O–H groups in total. The zero-order valence-electron chi connectivity index (χ0n) is 18.2. The summed E-state index contributed by atoms with van der Waals surface area (Å²) >= 11 is 1.54. The number of anilines is 1. The van der Waals surface area contributed by atoms with Crippen LogP contribution in [0.2, 0.25) is 0 Å². The fourth-order valence-electron chi connectivity index (χ4n) is 4.19. The van der Waals surface area contributed by atoms with Crippen molar-refractivity contribution in [1.82, 2.24) is 9.88 Å². The Balaban J connectivity index is 1.61. The number of thiophene rings is 1. The third-order valence-electron chi connectivity index (χ3n) is 5.67. The number of hydrogen-bond acceptors (Lipinski definition) is 7. The maximum Gasteiger partial charge on any atom is 0.309 e. The minimum atomic E-state index is -0.274. The minimum Gasteiger partial charge on any atom is -0.466 e. The van der Waals surface area contributed by atoms with Crippen LogP contribution in [-0.2, 0) is 9.53 Å². The van der Waals surface area contributed by atoms with Crippen LogP contribution in [0.4, 0.5) is 5.00 Å². The molecule has 3 aromatic rings. The van der Waals surface area contributed by atoms with E-state index in [1.54, 1.807) is 29.7 Å². The van der Waals surface area contributed by atoms with E-state index in [1.165, 1.54) is 6.26 Å². The smallest absolute Gasteiger partial charge is 0.309 e.